The first-order valence-electron chi connectivity index (χ1n) is 4.64. The van der Waals surface area contributed by atoms with Gasteiger partial charge in [-0.3, -0.25) is 0 Å². The van der Waals surface area contributed by atoms with Crippen LogP contribution in [0.25, 0.3) is 0 Å². The summed E-state index contributed by atoms with van der Waals surface area (Å²) in [6.07, 6.45) is 7.75. The van der Waals surface area contributed by atoms with Crippen LogP contribution in [-0.2, 0) is 0 Å². The zero-order chi connectivity index (χ0) is 9.23. The number of hydrogen-bond donors (Lipinski definition) is 1. The van der Waals surface area contributed by atoms with Gasteiger partial charge in [-0.1, -0.05) is 6.08 Å². The van der Waals surface area contributed by atoms with E-state index in [0.717, 1.165) is 13.0 Å². The van der Waals surface area contributed by atoms with E-state index in [4.69, 9.17) is 0 Å². The molecule has 0 heterocycles. The van der Waals surface area contributed by atoms with Crippen molar-refractivity contribution in [3.8, 4) is 0 Å². The van der Waals surface area contributed by atoms with Gasteiger partial charge in [0.2, 0.25) is 0 Å². The van der Waals surface area contributed by atoms with Gasteiger partial charge in [-0.2, -0.15) is 11.8 Å². The van der Waals surface area contributed by atoms with Gasteiger partial charge in [0.05, 0.1) is 0 Å². The van der Waals surface area contributed by atoms with E-state index >= 15 is 0 Å². The SMILES string of the molecule is C=CCCC(C)NCCCSC. The molecule has 1 unspecified atom stereocenters. The first kappa shape index (κ1) is 12.0. The summed E-state index contributed by atoms with van der Waals surface area (Å²) < 4.78 is 0. The monoisotopic (exact) mass is 187 g/mol. The highest BCUT2D eigenvalue weighted by Crippen LogP contribution is 1.98. The van der Waals surface area contributed by atoms with Crippen molar-refractivity contribution in [1.29, 1.82) is 0 Å². The lowest BCUT2D eigenvalue weighted by Gasteiger charge is -2.11. The largest absolute Gasteiger partial charge is 0.314 e. The topological polar surface area (TPSA) is 12.0 Å². The molecule has 0 amide bonds. The third-order valence-corrected chi connectivity index (χ3v) is 2.52. The van der Waals surface area contributed by atoms with Crippen LogP contribution in [0.1, 0.15) is 26.2 Å². The molecule has 0 aliphatic heterocycles. The quantitative estimate of drug-likeness (QED) is 0.463. The van der Waals surface area contributed by atoms with Crippen LogP contribution < -0.4 is 5.32 Å². The van der Waals surface area contributed by atoms with Crippen molar-refractivity contribution in [2.45, 2.75) is 32.2 Å². The fourth-order valence-corrected chi connectivity index (χ4v) is 1.47. The average molecular weight is 187 g/mol. The number of rotatable bonds is 8. The molecule has 0 saturated carbocycles. The molecule has 0 aromatic carbocycles. The van der Waals surface area contributed by atoms with Crippen LogP contribution in [0.4, 0.5) is 0 Å². The van der Waals surface area contributed by atoms with Crippen molar-refractivity contribution in [1.82, 2.24) is 5.32 Å². The first-order valence-corrected chi connectivity index (χ1v) is 6.04. The summed E-state index contributed by atoms with van der Waals surface area (Å²) in [6.45, 7) is 7.10. The third-order valence-electron chi connectivity index (χ3n) is 1.82. The Morgan fingerprint density at radius 3 is 2.92 bits per heavy atom. The van der Waals surface area contributed by atoms with Crippen LogP contribution in [0.15, 0.2) is 12.7 Å². The van der Waals surface area contributed by atoms with E-state index in [1.807, 2.05) is 17.8 Å². The summed E-state index contributed by atoms with van der Waals surface area (Å²) in [5, 5.41) is 3.49. The Kier molecular flexibility index (Phi) is 9.18. The lowest BCUT2D eigenvalue weighted by Crippen LogP contribution is -2.26. The van der Waals surface area contributed by atoms with E-state index in [1.54, 1.807) is 0 Å². The van der Waals surface area contributed by atoms with Crippen molar-refractivity contribution in [3.63, 3.8) is 0 Å². The van der Waals surface area contributed by atoms with E-state index < -0.39 is 0 Å². The van der Waals surface area contributed by atoms with E-state index in [2.05, 4.69) is 25.1 Å². The molecule has 0 saturated heterocycles. The molecule has 0 rings (SSSR count). The molecule has 0 fully saturated rings. The molecule has 0 radical (unpaired) electrons. The van der Waals surface area contributed by atoms with Crippen LogP contribution >= 0.6 is 11.8 Å². The van der Waals surface area contributed by atoms with Crippen molar-refractivity contribution >= 4 is 11.8 Å². The number of nitrogens with one attached hydrogen (secondary N) is 1. The lowest BCUT2D eigenvalue weighted by atomic mass is 10.2. The van der Waals surface area contributed by atoms with Gasteiger partial charge in [-0.15, -0.1) is 6.58 Å². The predicted molar refractivity (Wildman–Crippen MR) is 59.9 cm³/mol. The van der Waals surface area contributed by atoms with Crippen LogP contribution in [-0.4, -0.2) is 24.6 Å². The Labute approximate surface area is 81.0 Å². The van der Waals surface area contributed by atoms with E-state index in [1.165, 1.54) is 18.6 Å². The summed E-state index contributed by atoms with van der Waals surface area (Å²) in [5.41, 5.74) is 0. The van der Waals surface area contributed by atoms with Gasteiger partial charge < -0.3 is 5.32 Å². The minimum atomic E-state index is 0.643. The van der Waals surface area contributed by atoms with Gasteiger partial charge in [-0.05, 0) is 44.7 Å². The second kappa shape index (κ2) is 9.14. The molecule has 0 aliphatic rings. The van der Waals surface area contributed by atoms with Gasteiger partial charge in [0, 0.05) is 6.04 Å². The summed E-state index contributed by atoms with van der Waals surface area (Å²) >= 11 is 1.91. The number of hydrogen-bond acceptors (Lipinski definition) is 2. The Hall–Kier alpha value is 0.0500. The highest BCUT2D eigenvalue weighted by molar-refractivity contribution is 7.98. The second-order valence-corrected chi connectivity index (χ2v) is 4.05. The molecule has 0 aromatic heterocycles. The zero-order valence-electron chi connectivity index (χ0n) is 8.31. The van der Waals surface area contributed by atoms with Crippen LogP contribution in [0.3, 0.4) is 0 Å². The van der Waals surface area contributed by atoms with Gasteiger partial charge >= 0.3 is 0 Å². The molecular formula is C10H21NS. The maximum absolute atomic E-state index is 3.71. The highest BCUT2D eigenvalue weighted by atomic mass is 32.2. The van der Waals surface area contributed by atoms with Crippen molar-refractivity contribution in [2.24, 2.45) is 0 Å². The Balaban J connectivity index is 3.07. The Bertz CT molecular complexity index is 104. The average Bonchev–Trinajstić information content (AvgIpc) is 2.09. The minimum absolute atomic E-state index is 0.643. The summed E-state index contributed by atoms with van der Waals surface area (Å²) in [5.74, 6) is 1.27. The van der Waals surface area contributed by atoms with E-state index in [-0.39, 0.29) is 0 Å². The molecule has 0 bridgehead atoms. The van der Waals surface area contributed by atoms with Crippen molar-refractivity contribution in [2.75, 3.05) is 18.6 Å². The Morgan fingerprint density at radius 2 is 2.33 bits per heavy atom. The molecule has 1 atom stereocenters. The van der Waals surface area contributed by atoms with Crippen molar-refractivity contribution < 1.29 is 0 Å². The number of allylic oxidation sites excluding steroid dienone is 1. The molecule has 1 N–H and O–H groups in total. The zero-order valence-corrected chi connectivity index (χ0v) is 9.12. The normalized spacial score (nSPS) is 12.8. The molecule has 0 aromatic rings. The van der Waals surface area contributed by atoms with Crippen LogP contribution in [0, 0.1) is 0 Å². The van der Waals surface area contributed by atoms with E-state index in [0.29, 0.717) is 6.04 Å². The molecule has 1 nitrogen and oxygen atoms in total. The summed E-state index contributed by atoms with van der Waals surface area (Å²) in [7, 11) is 0. The highest BCUT2D eigenvalue weighted by Gasteiger charge is 1.97. The Morgan fingerprint density at radius 1 is 1.58 bits per heavy atom. The van der Waals surface area contributed by atoms with Gasteiger partial charge in [-0.25, -0.2) is 0 Å². The maximum Gasteiger partial charge on any atom is 0.00416 e. The summed E-state index contributed by atoms with van der Waals surface area (Å²) in [6, 6.07) is 0.643. The van der Waals surface area contributed by atoms with Crippen LogP contribution in [0.5, 0.6) is 0 Å². The number of thioether (sulfide) groups is 1. The predicted octanol–water partition coefficient (Wildman–Crippen LogP) is 2.68. The minimum Gasteiger partial charge on any atom is -0.314 e. The second-order valence-electron chi connectivity index (χ2n) is 3.07. The lowest BCUT2D eigenvalue weighted by molar-refractivity contribution is 0.519. The third kappa shape index (κ3) is 8.15. The maximum atomic E-state index is 3.71. The fraction of sp³-hybridized carbons (Fsp3) is 0.800. The van der Waals surface area contributed by atoms with Gasteiger partial charge in [0.1, 0.15) is 0 Å². The van der Waals surface area contributed by atoms with Gasteiger partial charge in [0.25, 0.3) is 0 Å². The fourth-order valence-electron chi connectivity index (χ4n) is 1.03. The smallest absolute Gasteiger partial charge is 0.00416 e. The molecular weight excluding hydrogens is 166 g/mol. The molecule has 2 heteroatoms. The van der Waals surface area contributed by atoms with Gasteiger partial charge in [0.15, 0.2) is 0 Å². The molecule has 72 valence electrons. The standard InChI is InChI=1S/C10H21NS/c1-4-5-7-10(2)11-8-6-9-12-3/h4,10-11H,1,5-9H2,2-3H3. The molecule has 0 spiro atoms. The van der Waals surface area contributed by atoms with Crippen LogP contribution in [0.2, 0.25) is 0 Å². The summed E-state index contributed by atoms with van der Waals surface area (Å²) in [4.78, 5) is 0. The first-order chi connectivity index (χ1) is 5.81. The van der Waals surface area contributed by atoms with E-state index in [9.17, 15) is 0 Å². The van der Waals surface area contributed by atoms with Crippen molar-refractivity contribution in [3.05, 3.63) is 12.7 Å². The molecule has 0 aliphatic carbocycles. The molecule has 12 heavy (non-hydrogen) atoms.